The van der Waals surface area contributed by atoms with Crippen LogP contribution in [0.4, 0.5) is 27.6 Å². The first-order chi connectivity index (χ1) is 13.9. The van der Waals surface area contributed by atoms with E-state index >= 15 is 0 Å². The van der Waals surface area contributed by atoms with E-state index in [2.05, 4.69) is 11.2 Å². The molecule has 160 valence electrons. The van der Waals surface area contributed by atoms with Crippen LogP contribution in [0.25, 0.3) is 0 Å². The Kier molecular flexibility index (Phi) is 5.58. The Morgan fingerprint density at radius 1 is 1.17 bits per heavy atom. The predicted octanol–water partition coefficient (Wildman–Crippen LogP) is 2.90. The third-order valence-electron chi connectivity index (χ3n) is 5.34. The molecule has 1 aromatic rings. The van der Waals surface area contributed by atoms with Gasteiger partial charge in [0.1, 0.15) is 0 Å². The van der Waals surface area contributed by atoms with E-state index in [-0.39, 0.29) is 25.2 Å². The number of anilines is 1. The molecule has 1 atom stereocenters. The minimum atomic E-state index is -2.95. The number of alkyl halides is 2. The topological polar surface area (TPSA) is 66.5 Å². The number of likely N-dealkylation sites (tertiary alicyclic amines) is 1. The molecule has 10 heteroatoms. The van der Waals surface area contributed by atoms with Gasteiger partial charge in [-0.2, -0.15) is 0 Å². The van der Waals surface area contributed by atoms with Gasteiger partial charge in [-0.15, -0.1) is 6.42 Å². The number of benzene rings is 1. The molecule has 5 nitrogen and oxygen atoms in total. The summed E-state index contributed by atoms with van der Waals surface area (Å²) in [5, 5.41) is 2.24. The number of hydrogen-bond acceptors (Lipinski definition) is 3. The molecule has 0 radical (unpaired) electrons. The number of nitrogens with one attached hydrogen (secondary N) is 1. The molecule has 1 aliphatic carbocycles. The zero-order chi connectivity index (χ0) is 22.3. The number of carbonyl (C=O) groups excluding carboxylic acids is 3. The molecule has 1 saturated heterocycles. The third kappa shape index (κ3) is 4.30. The van der Waals surface area contributed by atoms with E-state index in [0.29, 0.717) is 12.1 Å². The van der Waals surface area contributed by atoms with E-state index in [1.807, 2.05) is 0 Å². The number of carbonyl (C=O) groups is 3. The number of Topliss-reactive ketones (excluding diaryl/α,β-unsaturated/α-hetero) is 1. The number of terminal acetylenes is 1. The van der Waals surface area contributed by atoms with Crippen LogP contribution in [0, 0.1) is 41.1 Å². The molecule has 3 rings (SSSR count). The van der Waals surface area contributed by atoms with Crippen LogP contribution in [0.3, 0.4) is 0 Å². The Bertz CT molecular complexity index is 925. The Balaban J connectivity index is 1.57. The number of hydrogen-bond donors (Lipinski definition) is 1. The zero-order valence-electron chi connectivity index (χ0n) is 15.6. The van der Waals surface area contributed by atoms with Gasteiger partial charge < -0.3 is 10.2 Å². The second-order valence-corrected chi connectivity index (χ2v) is 7.71. The highest BCUT2D eigenvalue weighted by Crippen LogP contribution is 2.53. The molecule has 1 heterocycles. The summed E-state index contributed by atoms with van der Waals surface area (Å²) < 4.78 is 65.8. The van der Waals surface area contributed by atoms with Gasteiger partial charge in [-0.1, -0.05) is 5.92 Å². The molecule has 1 N–H and O–H groups in total. The second-order valence-electron chi connectivity index (χ2n) is 7.71. The molecule has 1 saturated carbocycles. The standard InChI is InChI=1S/C20H17F5N2O3/c1-2-19(9-20(24,25)10-19)7-15(28)18(30)27-4-3-11(8-27)17(29)26-12-5-13(21)16(23)14(22)6-12/h1,5-6,11H,3-4,7-10H2,(H,26,29)/t11-/m0/s1. The van der Waals surface area contributed by atoms with Gasteiger partial charge in [0.15, 0.2) is 17.5 Å². The van der Waals surface area contributed by atoms with E-state index in [1.165, 1.54) is 0 Å². The highest BCUT2D eigenvalue weighted by Gasteiger charge is 2.57. The van der Waals surface area contributed by atoms with Gasteiger partial charge in [-0.3, -0.25) is 14.4 Å². The minimum Gasteiger partial charge on any atom is -0.335 e. The second kappa shape index (κ2) is 7.70. The van der Waals surface area contributed by atoms with Crippen molar-refractivity contribution in [3.05, 3.63) is 29.6 Å². The van der Waals surface area contributed by atoms with E-state index in [4.69, 9.17) is 6.42 Å². The summed E-state index contributed by atoms with van der Waals surface area (Å²) >= 11 is 0. The van der Waals surface area contributed by atoms with Crippen LogP contribution in [0.5, 0.6) is 0 Å². The van der Waals surface area contributed by atoms with Crippen molar-refractivity contribution in [2.75, 3.05) is 18.4 Å². The molecule has 1 aliphatic heterocycles. The molecular formula is C20H17F5N2O3. The summed E-state index contributed by atoms with van der Waals surface area (Å²) in [6, 6.07) is 1.23. The summed E-state index contributed by atoms with van der Waals surface area (Å²) in [5.74, 6) is -8.64. The van der Waals surface area contributed by atoms with Crippen LogP contribution >= 0.6 is 0 Å². The van der Waals surface area contributed by atoms with Gasteiger partial charge >= 0.3 is 0 Å². The van der Waals surface area contributed by atoms with Gasteiger partial charge in [0.2, 0.25) is 11.7 Å². The van der Waals surface area contributed by atoms with E-state index < -0.39 is 71.6 Å². The lowest BCUT2D eigenvalue weighted by molar-refractivity contribution is -0.156. The van der Waals surface area contributed by atoms with Crippen molar-refractivity contribution in [3.63, 3.8) is 0 Å². The first kappa shape index (κ1) is 21.7. The van der Waals surface area contributed by atoms with Crippen LogP contribution in [0.1, 0.15) is 25.7 Å². The third-order valence-corrected chi connectivity index (χ3v) is 5.34. The lowest BCUT2D eigenvalue weighted by atomic mass is 9.64. The van der Waals surface area contributed by atoms with E-state index in [1.54, 1.807) is 0 Å². The summed E-state index contributed by atoms with van der Waals surface area (Å²) in [6.07, 6.45) is 3.62. The van der Waals surface area contributed by atoms with Crippen molar-refractivity contribution in [1.29, 1.82) is 0 Å². The quantitative estimate of drug-likeness (QED) is 0.340. The Hall–Kier alpha value is -2.96. The maximum Gasteiger partial charge on any atom is 0.290 e. The van der Waals surface area contributed by atoms with Gasteiger partial charge in [0.25, 0.3) is 11.8 Å². The van der Waals surface area contributed by atoms with Crippen LogP contribution in [-0.4, -0.2) is 41.5 Å². The maximum atomic E-state index is 13.3. The minimum absolute atomic E-state index is 0.0635. The monoisotopic (exact) mass is 428 g/mol. The van der Waals surface area contributed by atoms with Crippen molar-refractivity contribution < 1.29 is 36.3 Å². The highest BCUT2D eigenvalue weighted by molar-refractivity contribution is 6.36. The van der Waals surface area contributed by atoms with Gasteiger partial charge in [-0.05, 0) is 6.42 Å². The number of ketones is 1. The van der Waals surface area contributed by atoms with E-state index in [9.17, 15) is 36.3 Å². The first-order valence-electron chi connectivity index (χ1n) is 9.08. The van der Waals surface area contributed by atoms with Crippen LogP contribution in [0.2, 0.25) is 0 Å². The summed E-state index contributed by atoms with van der Waals surface area (Å²) in [4.78, 5) is 38.0. The van der Waals surface area contributed by atoms with Crippen molar-refractivity contribution in [3.8, 4) is 12.3 Å². The Morgan fingerprint density at radius 2 is 1.77 bits per heavy atom. The molecule has 2 amide bonds. The van der Waals surface area contributed by atoms with Gasteiger partial charge in [0, 0.05) is 55.6 Å². The van der Waals surface area contributed by atoms with Crippen LogP contribution < -0.4 is 5.32 Å². The number of rotatable bonds is 5. The summed E-state index contributed by atoms with van der Waals surface area (Å²) in [6.45, 7) is -0.0736. The summed E-state index contributed by atoms with van der Waals surface area (Å²) in [7, 11) is 0. The number of nitrogens with zero attached hydrogens (tertiary/aromatic N) is 1. The fourth-order valence-corrected chi connectivity index (χ4v) is 3.81. The average Bonchev–Trinajstić information content (AvgIpc) is 3.13. The molecule has 1 aromatic carbocycles. The fourth-order valence-electron chi connectivity index (χ4n) is 3.81. The molecule has 0 unspecified atom stereocenters. The molecule has 0 aromatic heterocycles. The van der Waals surface area contributed by atoms with Crippen molar-refractivity contribution in [2.24, 2.45) is 11.3 Å². The van der Waals surface area contributed by atoms with Gasteiger partial charge in [0.05, 0.1) is 5.92 Å². The molecule has 2 fully saturated rings. The largest absolute Gasteiger partial charge is 0.335 e. The molecule has 2 aliphatic rings. The highest BCUT2D eigenvalue weighted by atomic mass is 19.3. The number of halogens is 5. The zero-order valence-corrected chi connectivity index (χ0v) is 15.6. The smallest absolute Gasteiger partial charge is 0.290 e. The van der Waals surface area contributed by atoms with Crippen molar-refractivity contribution >= 4 is 23.3 Å². The fraction of sp³-hybridized carbons (Fsp3) is 0.450. The van der Waals surface area contributed by atoms with Crippen LogP contribution in [-0.2, 0) is 14.4 Å². The van der Waals surface area contributed by atoms with Gasteiger partial charge in [-0.25, -0.2) is 22.0 Å². The van der Waals surface area contributed by atoms with Crippen molar-refractivity contribution in [1.82, 2.24) is 4.90 Å². The number of amides is 2. The maximum absolute atomic E-state index is 13.3. The van der Waals surface area contributed by atoms with Crippen molar-refractivity contribution in [2.45, 2.75) is 31.6 Å². The first-order valence-corrected chi connectivity index (χ1v) is 9.08. The normalized spacial score (nSPS) is 21.5. The molecule has 30 heavy (non-hydrogen) atoms. The average molecular weight is 428 g/mol. The molecular weight excluding hydrogens is 411 g/mol. The Morgan fingerprint density at radius 3 is 2.30 bits per heavy atom. The predicted molar refractivity (Wildman–Crippen MR) is 94.7 cm³/mol. The SMILES string of the molecule is C#CC1(CC(=O)C(=O)N2CC[C@H](C(=O)Nc3cc(F)c(F)c(F)c3)C2)CC(F)(F)C1. The Labute approximate surface area is 168 Å². The summed E-state index contributed by atoms with van der Waals surface area (Å²) in [5.41, 5.74) is -1.64. The van der Waals surface area contributed by atoms with Crippen LogP contribution in [0.15, 0.2) is 12.1 Å². The van der Waals surface area contributed by atoms with E-state index in [0.717, 1.165) is 4.90 Å². The lowest BCUT2D eigenvalue weighted by Gasteiger charge is -2.43. The molecule has 0 bridgehead atoms. The lowest BCUT2D eigenvalue weighted by Crippen LogP contribution is -2.48. The molecule has 0 spiro atoms.